The third-order valence-electron chi connectivity index (χ3n) is 6.31. The second-order valence-corrected chi connectivity index (χ2v) is 8.94. The number of Topliss-reactive ketones (excluding diaryl/α,β-unsaturated/α-hetero) is 1. The lowest BCUT2D eigenvalue weighted by molar-refractivity contribution is -0.140. The Kier molecular flexibility index (Phi) is 8.57. The summed E-state index contributed by atoms with van der Waals surface area (Å²) in [5, 5.41) is 11.3. The van der Waals surface area contributed by atoms with Gasteiger partial charge in [0.1, 0.15) is 17.3 Å². The number of nitrogens with zero attached hydrogens (tertiary/aromatic N) is 2. The fraction of sp³-hybridized carbons (Fsp3) is 0.429. The minimum absolute atomic E-state index is 0.0114. The number of ketones is 1. The smallest absolute Gasteiger partial charge is 0.295 e. The van der Waals surface area contributed by atoms with Crippen LogP contribution < -0.4 is 9.47 Å². The molecule has 0 spiro atoms. The largest absolute Gasteiger partial charge is 0.507 e. The van der Waals surface area contributed by atoms with Crippen LogP contribution in [0.5, 0.6) is 11.5 Å². The molecule has 1 saturated heterocycles. The van der Waals surface area contributed by atoms with Crippen LogP contribution in [0.25, 0.3) is 5.76 Å². The van der Waals surface area contributed by atoms with Gasteiger partial charge in [-0.05, 0) is 75.3 Å². The summed E-state index contributed by atoms with van der Waals surface area (Å²) in [5.74, 6) is -0.165. The molecule has 1 N–H and O–H groups in total. The summed E-state index contributed by atoms with van der Waals surface area (Å²) < 4.78 is 11.2. The number of likely N-dealkylation sites (tertiary alicyclic amines) is 1. The van der Waals surface area contributed by atoms with Crippen molar-refractivity contribution < 1.29 is 24.2 Å². The van der Waals surface area contributed by atoms with E-state index >= 15 is 0 Å². The van der Waals surface area contributed by atoms with E-state index in [1.54, 1.807) is 36.3 Å². The summed E-state index contributed by atoms with van der Waals surface area (Å²) in [4.78, 5) is 30.2. The topological polar surface area (TPSA) is 79.3 Å². The lowest BCUT2D eigenvalue weighted by atomic mass is 9.94. The number of hydrogen-bond acceptors (Lipinski definition) is 6. The van der Waals surface area contributed by atoms with Crippen LogP contribution in [0.15, 0.2) is 48.0 Å². The predicted molar refractivity (Wildman–Crippen MR) is 137 cm³/mol. The van der Waals surface area contributed by atoms with Crippen molar-refractivity contribution in [3.63, 3.8) is 0 Å². The van der Waals surface area contributed by atoms with Gasteiger partial charge in [-0.3, -0.25) is 9.59 Å². The molecule has 0 bridgehead atoms. The fourth-order valence-corrected chi connectivity index (χ4v) is 4.40. The van der Waals surface area contributed by atoms with Crippen molar-refractivity contribution in [1.29, 1.82) is 0 Å². The zero-order valence-corrected chi connectivity index (χ0v) is 21.5. The highest BCUT2D eigenvalue weighted by atomic mass is 16.5. The number of ether oxygens (including phenoxy) is 2. The number of methoxy groups -OCH3 is 1. The maximum absolute atomic E-state index is 13.3. The summed E-state index contributed by atoms with van der Waals surface area (Å²) >= 11 is 0. The van der Waals surface area contributed by atoms with Gasteiger partial charge in [0.15, 0.2) is 0 Å². The van der Waals surface area contributed by atoms with Crippen LogP contribution in [0.2, 0.25) is 0 Å². The van der Waals surface area contributed by atoms with E-state index in [1.165, 1.54) is 0 Å². The van der Waals surface area contributed by atoms with Crippen molar-refractivity contribution in [2.45, 2.75) is 46.8 Å². The number of aliphatic hydroxyl groups excluding tert-OH is 1. The van der Waals surface area contributed by atoms with Gasteiger partial charge >= 0.3 is 0 Å². The van der Waals surface area contributed by atoms with Crippen LogP contribution in [-0.4, -0.2) is 66.0 Å². The Morgan fingerprint density at radius 2 is 1.83 bits per heavy atom. The molecule has 1 aliphatic rings. The molecule has 7 nitrogen and oxygen atoms in total. The molecule has 0 aromatic heterocycles. The Morgan fingerprint density at radius 3 is 2.43 bits per heavy atom. The number of carbonyl (C=O) groups is 2. The van der Waals surface area contributed by atoms with Crippen LogP contribution >= 0.6 is 0 Å². The first-order chi connectivity index (χ1) is 16.7. The summed E-state index contributed by atoms with van der Waals surface area (Å²) in [6, 6.07) is 11.8. The summed E-state index contributed by atoms with van der Waals surface area (Å²) in [5.41, 5.74) is 2.09. The molecule has 0 aliphatic carbocycles. The molecule has 0 saturated carbocycles. The van der Waals surface area contributed by atoms with Gasteiger partial charge in [0.05, 0.1) is 24.8 Å². The molecule has 2 aromatic rings. The molecule has 1 amide bonds. The Morgan fingerprint density at radius 1 is 1.11 bits per heavy atom. The SMILES string of the molecule is CCN(CC)CCN1C(=O)C(=O)/C(=C(/O)c2ccc(OC(C)C)c(C)c2)C1c1cccc(OC)c1. The number of hydrogen-bond donors (Lipinski definition) is 1. The molecule has 0 radical (unpaired) electrons. The van der Waals surface area contributed by atoms with Gasteiger partial charge in [0.25, 0.3) is 11.7 Å². The van der Waals surface area contributed by atoms with Crippen molar-refractivity contribution in [1.82, 2.24) is 9.80 Å². The van der Waals surface area contributed by atoms with E-state index in [4.69, 9.17) is 9.47 Å². The number of benzene rings is 2. The van der Waals surface area contributed by atoms with Gasteiger partial charge in [0, 0.05) is 18.7 Å². The van der Waals surface area contributed by atoms with Crippen molar-refractivity contribution >= 4 is 17.4 Å². The van der Waals surface area contributed by atoms with E-state index < -0.39 is 17.7 Å². The van der Waals surface area contributed by atoms with Gasteiger partial charge < -0.3 is 24.4 Å². The first-order valence-corrected chi connectivity index (χ1v) is 12.1. The molecule has 188 valence electrons. The third kappa shape index (κ3) is 5.68. The van der Waals surface area contributed by atoms with E-state index in [0.29, 0.717) is 35.7 Å². The number of likely N-dealkylation sites (N-methyl/N-ethyl adjacent to an activating group) is 1. The van der Waals surface area contributed by atoms with E-state index in [2.05, 4.69) is 18.7 Å². The van der Waals surface area contributed by atoms with Crippen LogP contribution in [-0.2, 0) is 9.59 Å². The van der Waals surface area contributed by atoms with Gasteiger partial charge in [-0.25, -0.2) is 0 Å². The second kappa shape index (κ2) is 11.4. The Labute approximate surface area is 207 Å². The molecule has 3 rings (SSSR count). The van der Waals surface area contributed by atoms with E-state index in [9.17, 15) is 14.7 Å². The molecule has 1 atom stereocenters. The van der Waals surface area contributed by atoms with Crippen molar-refractivity contribution in [2.75, 3.05) is 33.3 Å². The van der Waals surface area contributed by atoms with Gasteiger partial charge in [-0.1, -0.05) is 26.0 Å². The number of aryl methyl sites for hydroxylation is 1. The zero-order valence-electron chi connectivity index (χ0n) is 21.5. The first kappa shape index (κ1) is 26.3. The highest BCUT2D eigenvalue weighted by Gasteiger charge is 2.46. The molecule has 35 heavy (non-hydrogen) atoms. The normalized spacial score (nSPS) is 17.5. The third-order valence-corrected chi connectivity index (χ3v) is 6.31. The first-order valence-electron chi connectivity index (χ1n) is 12.1. The standard InChI is InChI=1S/C28H36N2O5/c1-7-29(8-2)14-15-30-25(20-10-9-11-22(17-20)34-6)24(27(32)28(30)33)26(31)21-12-13-23(19(5)16-21)35-18(3)4/h9-13,16-18,25,31H,7-8,14-15H2,1-6H3/b26-24+. The van der Waals surface area contributed by atoms with E-state index in [0.717, 1.165) is 18.7 Å². The number of carbonyl (C=O) groups excluding carboxylic acids is 2. The van der Waals surface area contributed by atoms with Gasteiger partial charge in [0.2, 0.25) is 0 Å². The summed E-state index contributed by atoms with van der Waals surface area (Å²) in [7, 11) is 1.57. The van der Waals surface area contributed by atoms with Crippen LogP contribution in [0.4, 0.5) is 0 Å². The average molecular weight is 481 g/mol. The molecular weight excluding hydrogens is 444 g/mol. The highest BCUT2D eigenvalue weighted by Crippen LogP contribution is 2.40. The van der Waals surface area contributed by atoms with Gasteiger partial charge in [-0.2, -0.15) is 0 Å². The molecule has 1 heterocycles. The molecule has 7 heteroatoms. The molecule has 2 aromatic carbocycles. The Balaban J connectivity index is 2.11. The molecular formula is C28H36N2O5. The minimum atomic E-state index is -0.715. The van der Waals surface area contributed by atoms with Crippen molar-refractivity contribution in [2.24, 2.45) is 0 Å². The quantitative estimate of drug-likeness (QED) is 0.305. The lowest BCUT2D eigenvalue weighted by Gasteiger charge is -2.28. The average Bonchev–Trinajstić information content (AvgIpc) is 3.10. The number of rotatable bonds is 10. The van der Waals surface area contributed by atoms with Crippen molar-refractivity contribution in [3.05, 3.63) is 64.7 Å². The fourth-order valence-electron chi connectivity index (χ4n) is 4.40. The Hall–Kier alpha value is -3.32. The monoisotopic (exact) mass is 480 g/mol. The maximum atomic E-state index is 13.3. The lowest BCUT2D eigenvalue weighted by Crippen LogP contribution is -2.38. The van der Waals surface area contributed by atoms with Crippen molar-refractivity contribution in [3.8, 4) is 11.5 Å². The number of amides is 1. The Bertz CT molecular complexity index is 1100. The summed E-state index contributed by atoms with van der Waals surface area (Å²) in [6.45, 7) is 12.6. The maximum Gasteiger partial charge on any atom is 0.295 e. The zero-order chi connectivity index (χ0) is 25.7. The van der Waals surface area contributed by atoms with Crippen LogP contribution in [0.3, 0.4) is 0 Å². The highest BCUT2D eigenvalue weighted by molar-refractivity contribution is 6.46. The molecule has 1 unspecified atom stereocenters. The van der Waals surface area contributed by atoms with Crippen LogP contribution in [0, 0.1) is 6.92 Å². The molecule has 1 aliphatic heterocycles. The van der Waals surface area contributed by atoms with Gasteiger partial charge in [-0.15, -0.1) is 0 Å². The van der Waals surface area contributed by atoms with Crippen LogP contribution in [0.1, 0.15) is 50.4 Å². The molecule has 1 fully saturated rings. The van der Waals surface area contributed by atoms with E-state index in [-0.39, 0.29) is 17.4 Å². The second-order valence-electron chi connectivity index (χ2n) is 8.94. The number of aliphatic hydroxyl groups is 1. The predicted octanol–water partition coefficient (Wildman–Crippen LogP) is 4.55. The van der Waals surface area contributed by atoms with E-state index in [1.807, 2.05) is 39.0 Å². The summed E-state index contributed by atoms with van der Waals surface area (Å²) in [6.07, 6.45) is 0.0114. The minimum Gasteiger partial charge on any atom is -0.507 e.